The SMILES string of the molecule is Cc1ccc(C(=O)C(Cc2ccc(N(C)C)cc2)=C(C(=O)O)c2ccc3nsnc3c2)cc1C. The van der Waals surface area contributed by atoms with Crippen molar-refractivity contribution in [2.75, 3.05) is 19.0 Å². The molecule has 1 N–H and O–H groups in total. The highest BCUT2D eigenvalue weighted by molar-refractivity contribution is 7.00. The molecule has 3 aromatic carbocycles. The molecule has 0 atom stereocenters. The van der Waals surface area contributed by atoms with Crippen molar-refractivity contribution in [3.8, 4) is 0 Å². The van der Waals surface area contributed by atoms with E-state index in [4.69, 9.17) is 0 Å². The first-order valence-corrected chi connectivity index (χ1v) is 11.5. The monoisotopic (exact) mass is 471 g/mol. The Hall–Kier alpha value is -3.84. The van der Waals surface area contributed by atoms with Gasteiger partial charge in [-0.2, -0.15) is 8.75 Å². The maximum atomic E-state index is 13.8. The van der Waals surface area contributed by atoms with E-state index in [1.54, 1.807) is 24.3 Å². The quantitative estimate of drug-likeness (QED) is 0.289. The summed E-state index contributed by atoms with van der Waals surface area (Å²) >= 11 is 1.07. The maximum Gasteiger partial charge on any atom is 0.336 e. The number of aliphatic carboxylic acids is 1. The number of fused-ring (bicyclic) bond motifs is 1. The van der Waals surface area contributed by atoms with Crippen LogP contribution in [0.15, 0.2) is 66.2 Å². The molecule has 4 rings (SSSR count). The third kappa shape index (κ3) is 4.75. The number of rotatable bonds is 7. The standard InChI is InChI=1S/C27H25N3O3S/c1-16-5-8-20(13-17(16)2)26(31)22(14-18-6-10-21(11-7-18)30(3)4)25(27(32)33)19-9-12-23-24(15-19)29-34-28-23/h5-13,15H,14H2,1-4H3,(H,32,33). The molecule has 0 saturated carbocycles. The highest BCUT2D eigenvalue weighted by atomic mass is 32.1. The molecule has 0 aliphatic carbocycles. The lowest BCUT2D eigenvalue weighted by molar-refractivity contribution is -0.130. The van der Waals surface area contributed by atoms with Crippen molar-refractivity contribution in [2.24, 2.45) is 0 Å². The normalized spacial score (nSPS) is 11.9. The molecule has 0 bridgehead atoms. The Morgan fingerprint density at radius 2 is 1.53 bits per heavy atom. The number of aromatic nitrogens is 2. The van der Waals surface area contributed by atoms with Crippen LogP contribution in [0.2, 0.25) is 0 Å². The maximum absolute atomic E-state index is 13.8. The number of Topliss-reactive ketones (excluding diaryl/α,β-unsaturated/α-hetero) is 1. The number of hydrogen-bond acceptors (Lipinski definition) is 6. The highest BCUT2D eigenvalue weighted by Gasteiger charge is 2.24. The molecule has 7 heteroatoms. The number of carboxylic acid groups (broad SMARTS) is 1. The molecule has 4 aromatic rings. The molecule has 0 radical (unpaired) electrons. The van der Waals surface area contributed by atoms with Crippen LogP contribution >= 0.6 is 11.7 Å². The van der Waals surface area contributed by atoms with Gasteiger partial charge in [0.25, 0.3) is 0 Å². The zero-order valence-corrected chi connectivity index (χ0v) is 20.3. The Morgan fingerprint density at radius 1 is 0.853 bits per heavy atom. The van der Waals surface area contributed by atoms with Crippen LogP contribution in [-0.4, -0.2) is 39.7 Å². The number of ketones is 1. The number of aryl methyl sites for hydroxylation is 2. The van der Waals surface area contributed by atoms with Gasteiger partial charge in [0.05, 0.1) is 17.3 Å². The summed E-state index contributed by atoms with van der Waals surface area (Å²) in [4.78, 5) is 28.3. The third-order valence-electron chi connectivity index (χ3n) is 5.93. The van der Waals surface area contributed by atoms with Gasteiger partial charge in [-0.15, -0.1) is 0 Å². The van der Waals surface area contributed by atoms with Crippen molar-refractivity contribution in [3.63, 3.8) is 0 Å². The van der Waals surface area contributed by atoms with E-state index < -0.39 is 5.97 Å². The fourth-order valence-electron chi connectivity index (χ4n) is 3.82. The second-order valence-electron chi connectivity index (χ2n) is 8.49. The molecule has 0 saturated heterocycles. The largest absolute Gasteiger partial charge is 0.478 e. The number of anilines is 1. The van der Waals surface area contributed by atoms with Gasteiger partial charge in [0.1, 0.15) is 11.0 Å². The number of benzene rings is 3. The summed E-state index contributed by atoms with van der Waals surface area (Å²) in [5, 5.41) is 10.3. The first-order valence-electron chi connectivity index (χ1n) is 10.8. The van der Waals surface area contributed by atoms with Crippen molar-refractivity contribution in [1.82, 2.24) is 8.75 Å². The Bertz CT molecular complexity index is 1420. The van der Waals surface area contributed by atoms with Gasteiger partial charge in [-0.25, -0.2) is 4.79 Å². The topological polar surface area (TPSA) is 83.4 Å². The van der Waals surface area contributed by atoms with Gasteiger partial charge in [0.2, 0.25) is 0 Å². The van der Waals surface area contributed by atoms with Crippen LogP contribution in [0.5, 0.6) is 0 Å². The minimum absolute atomic E-state index is 0.0187. The molecule has 34 heavy (non-hydrogen) atoms. The summed E-state index contributed by atoms with van der Waals surface area (Å²) < 4.78 is 8.44. The minimum Gasteiger partial charge on any atom is -0.478 e. The first-order chi connectivity index (χ1) is 16.2. The van der Waals surface area contributed by atoms with E-state index >= 15 is 0 Å². The number of carbonyl (C=O) groups excluding carboxylic acids is 1. The van der Waals surface area contributed by atoms with Crippen LogP contribution in [0.25, 0.3) is 16.6 Å². The van der Waals surface area contributed by atoms with Crippen molar-refractivity contribution in [1.29, 1.82) is 0 Å². The van der Waals surface area contributed by atoms with Gasteiger partial charge in [-0.1, -0.05) is 30.3 Å². The molecule has 6 nitrogen and oxygen atoms in total. The second-order valence-corrected chi connectivity index (χ2v) is 9.02. The third-order valence-corrected chi connectivity index (χ3v) is 6.49. The summed E-state index contributed by atoms with van der Waals surface area (Å²) in [6.07, 6.45) is 0.189. The number of allylic oxidation sites excluding steroid dienone is 1. The number of carboxylic acids is 1. The molecule has 172 valence electrons. The van der Waals surface area contributed by atoms with E-state index in [-0.39, 0.29) is 23.4 Å². The molecule has 1 heterocycles. The van der Waals surface area contributed by atoms with E-state index in [0.29, 0.717) is 22.2 Å². The lowest BCUT2D eigenvalue weighted by Gasteiger charge is -2.15. The zero-order valence-electron chi connectivity index (χ0n) is 19.5. The second kappa shape index (κ2) is 9.57. The van der Waals surface area contributed by atoms with Crippen LogP contribution in [0.1, 0.15) is 32.6 Å². The number of hydrogen-bond donors (Lipinski definition) is 1. The Morgan fingerprint density at radius 3 is 2.18 bits per heavy atom. The molecule has 0 aliphatic rings. The van der Waals surface area contributed by atoms with E-state index in [2.05, 4.69) is 8.75 Å². The Balaban J connectivity index is 1.89. The minimum atomic E-state index is -1.15. The molecular weight excluding hydrogens is 446 g/mol. The molecular formula is C27H25N3O3S. The van der Waals surface area contributed by atoms with Gasteiger partial charge in [0, 0.05) is 37.3 Å². The van der Waals surface area contributed by atoms with Gasteiger partial charge < -0.3 is 10.0 Å². The summed E-state index contributed by atoms with van der Waals surface area (Å²) in [5.41, 5.74) is 6.35. The van der Waals surface area contributed by atoms with Crippen LogP contribution in [0, 0.1) is 13.8 Å². The summed E-state index contributed by atoms with van der Waals surface area (Å²) in [7, 11) is 3.91. The average molecular weight is 472 g/mol. The molecule has 0 spiro atoms. The fraction of sp³-hybridized carbons (Fsp3) is 0.185. The summed E-state index contributed by atoms with van der Waals surface area (Å²) in [5.74, 6) is -1.45. The van der Waals surface area contributed by atoms with Crippen LogP contribution in [0.3, 0.4) is 0 Å². The van der Waals surface area contributed by atoms with Crippen molar-refractivity contribution >= 4 is 45.8 Å². The van der Waals surface area contributed by atoms with Crippen molar-refractivity contribution in [2.45, 2.75) is 20.3 Å². The van der Waals surface area contributed by atoms with E-state index in [1.165, 1.54) is 0 Å². The molecule has 0 fully saturated rings. The zero-order chi connectivity index (χ0) is 24.4. The lowest BCUT2D eigenvalue weighted by Crippen LogP contribution is -2.14. The van der Waals surface area contributed by atoms with Crippen LogP contribution < -0.4 is 4.90 Å². The predicted octanol–water partition coefficient (Wildman–Crippen LogP) is 5.34. The predicted molar refractivity (Wildman–Crippen MR) is 137 cm³/mol. The van der Waals surface area contributed by atoms with Gasteiger partial charge in [-0.3, -0.25) is 4.79 Å². The number of nitrogens with zero attached hydrogens (tertiary/aromatic N) is 3. The van der Waals surface area contributed by atoms with E-state index in [9.17, 15) is 14.7 Å². The van der Waals surface area contributed by atoms with Gasteiger partial charge in [-0.05, 0) is 66.4 Å². The molecule has 0 aliphatic heterocycles. The molecule has 1 aromatic heterocycles. The Labute approximate surface area is 202 Å². The van der Waals surface area contributed by atoms with E-state index in [1.807, 2.05) is 69.2 Å². The summed E-state index contributed by atoms with van der Waals surface area (Å²) in [6.45, 7) is 3.92. The molecule has 0 amide bonds. The lowest BCUT2D eigenvalue weighted by atomic mass is 9.88. The van der Waals surface area contributed by atoms with E-state index in [0.717, 1.165) is 34.1 Å². The van der Waals surface area contributed by atoms with Crippen molar-refractivity contribution in [3.05, 3.63) is 94.1 Å². The first kappa shape index (κ1) is 23.3. The smallest absolute Gasteiger partial charge is 0.336 e. The van der Waals surface area contributed by atoms with Crippen molar-refractivity contribution < 1.29 is 14.7 Å². The van der Waals surface area contributed by atoms with Crippen LogP contribution in [-0.2, 0) is 11.2 Å². The molecule has 0 unspecified atom stereocenters. The van der Waals surface area contributed by atoms with Gasteiger partial charge in [0.15, 0.2) is 5.78 Å². The Kier molecular flexibility index (Phi) is 6.56. The highest BCUT2D eigenvalue weighted by Crippen LogP contribution is 2.29. The summed E-state index contributed by atoms with van der Waals surface area (Å²) in [6, 6.07) is 18.3. The fourth-order valence-corrected chi connectivity index (χ4v) is 4.34. The number of carbonyl (C=O) groups is 2. The average Bonchev–Trinajstić information content (AvgIpc) is 3.28. The van der Waals surface area contributed by atoms with Crippen LogP contribution in [0.4, 0.5) is 5.69 Å². The van der Waals surface area contributed by atoms with Gasteiger partial charge >= 0.3 is 5.97 Å².